The third-order valence-electron chi connectivity index (χ3n) is 2.12. The van der Waals surface area contributed by atoms with E-state index in [2.05, 4.69) is 21.2 Å². The highest BCUT2D eigenvalue weighted by Crippen LogP contribution is 2.00. The molecule has 0 saturated carbocycles. The molecule has 0 fully saturated rings. The van der Waals surface area contributed by atoms with Crippen molar-refractivity contribution in [3.63, 3.8) is 0 Å². The number of halogens is 1. The van der Waals surface area contributed by atoms with E-state index in [9.17, 15) is 4.79 Å². The number of unbranched alkanes of at least 4 members (excludes halogenated alkanes) is 1. The predicted molar refractivity (Wildman–Crippen MR) is 65.9 cm³/mol. The molecule has 0 aliphatic carbocycles. The first-order valence-electron chi connectivity index (χ1n) is 5.19. The highest BCUT2D eigenvalue weighted by atomic mass is 79.9. The van der Waals surface area contributed by atoms with Crippen LogP contribution in [-0.2, 0) is 11.3 Å². The molecule has 0 aliphatic heterocycles. The summed E-state index contributed by atoms with van der Waals surface area (Å²) in [5.74, 6) is 0.139. The van der Waals surface area contributed by atoms with Gasteiger partial charge in [0.15, 0.2) is 0 Å². The summed E-state index contributed by atoms with van der Waals surface area (Å²) < 4.78 is 0. The molecule has 15 heavy (non-hydrogen) atoms. The molecule has 0 bridgehead atoms. The molecule has 0 aromatic heterocycles. The maximum Gasteiger partial charge on any atom is 0.220 e. The Kier molecular flexibility index (Phi) is 6.09. The fourth-order valence-corrected chi connectivity index (χ4v) is 1.66. The van der Waals surface area contributed by atoms with E-state index in [0.717, 1.165) is 23.7 Å². The molecule has 0 heterocycles. The first-order chi connectivity index (χ1) is 7.33. The van der Waals surface area contributed by atoms with Gasteiger partial charge in [-0.25, -0.2) is 0 Å². The predicted octanol–water partition coefficient (Wildman–Crippen LogP) is 2.87. The van der Waals surface area contributed by atoms with E-state index in [1.54, 1.807) is 0 Å². The Bertz CT molecular complexity index is 287. The molecule has 0 saturated heterocycles. The minimum absolute atomic E-state index is 0.139. The Hall–Kier alpha value is -0.830. The summed E-state index contributed by atoms with van der Waals surface area (Å²) in [6, 6.07) is 9.96. The summed E-state index contributed by atoms with van der Waals surface area (Å²) in [5, 5.41) is 3.87. The van der Waals surface area contributed by atoms with Crippen LogP contribution in [0.15, 0.2) is 30.3 Å². The number of rotatable bonds is 6. The second kappa shape index (κ2) is 7.46. The van der Waals surface area contributed by atoms with E-state index in [0.29, 0.717) is 13.0 Å². The van der Waals surface area contributed by atoms with Crippen molar-refractivity contribution >= 4 is 21.8 Å². The second-order valence-corrected chi connectivity index (χ2v) is 4.20. The Labute approximate surface area is 99.2 Å². The Morgan fingerprint density at radius 2 is 1.93 bits per heavy atom. The van der Waals surface area contributed by atoms with Crippen LogP contribution < -0.4 is 5.32 Å². The summed E-state index contributed by atoms with van der Waals surface area (Å²) in [4.78, 5) is 11.4. The molecule has 0 aliphatic rings. The molecule has 0 spiro atoms. The van der Waals surface area contributed by atoms with Gasteiger partial charge < -0.3 is 5.32 Å². The minimum Gasteiger partial charge on any atom is -0.352 e. The summed E-state index contributed by atoms with van der Waals surface area (Å²) >= 11 is 3.34. The minimum atomic E-state index is 0.139. The number of alkyl halides is 1. The van der Waals surface area contributed by atoms with E-state index in [4.69, 9.17) is 0 Å². The molecule has 0 unspecified atom stereocenters. The number of nitrogens with one attached hydrogen (secondary N) is 1. The van der Waals surface area contributed by atoms with E-state index < -0.39 is 0 Å². The topological polar surface area (TPSA) is 29.1 Å². The highest BCUT2D eigenvalue weighted by Gasteiger charge is 1.99. The maximum absolute atomic E-state index is 11.4. The molecule has 1 amide bonds. The van der Waals surface area contributed by atoms with Gasteiger partial charge in [-0.05, 0) is 18.4 Å². The van der Waals surface area contributed by atoms with Crippen LogP contribution in [0.5, 0.6) is 0 Å². The lowest BCUT2D eigenvalue weighted by molar-refractivity contribution is -0.121. The highest BCUT2D eigenvalue weighted by molar-refractivity contribution is 9.09. The molecule has 1 aromatic rings. The summed E-state index contributed by atoms with van der Waals surface area (Å²) in [5.41, 5.74) is 1.14. The molecule has 1 rings (SSSR count). The number of hydrogen-bond acceptors (Lipinski definition) is 1. The van der Waals surface area contributed by atoms with Crippen LogP contribution in [0.4, 0.5) is 0 Å². The van der Waals surface area contributed by atoms with Crippen LogP contribution in [0, 0.1) is 0 Å². The number of amides is 1. The van der Waals surface area contributed by atoms with E-state index in [-0.39, 0.29) is 5.91 Å². The third kappa shape index (κ3) is 5.57. The molecule has 82 valence electrons. The van der Waals surface area contributed by atoms with Crippen molar-refractivity contribution in [2.75, 3.05) is 5.33 Å². The van der Waals surface area contributed by atoms with Gasteiger partial charge in [0, 0.05) is 18.3 Å². The van der Waals surface area contributed by atoms with Crippen molar-refractivity contribution in [1.29, 1.82) is 0 Å². The summed E-state index contributed by atoms with van der Waals surface area (Å²) in [7, 11) is 0. The number of benzene rings is 1. The molecular formula is C12H16BrNO. The van der Waals surface area contributed by atoms with Crippen molar-refractivity contribution in [2.24, 2.45) is 0 Å². The molecule has 0 radical (unpaired) electrons. The Morgan fingerprint density at radius 3 is 2.60 bits per heavy atom. The van der Waals surface area contributed by atoms with Gasteiger partial charge in [0.05, 0.1) is 0 Å². The van der Waals surface area contributed by atoms with E-state index >= 15 is 0 Å². The van der Waals surface area contributed by atoms with Gasteiger partial charge in [0.25, 0.3) is 0 Å². The van der Waals surface area contributed by atoms with Crippen molar-refractivity contribution in [3.05, 3.63) is 35.9 Å². The van der Waals surface area contributed by atoms with Crippen molar-refractivity contribution in [3.8, 4) is 0 Å². The van der Waals surface area contributed by atoms with Gasteiger partial charge in [-0.2, -0.15) is 0 Å². The van der Waals surface area contributed by atoms with E-state index in [1.807, 2.05) is 30.3 Å². The van der Waals surface area contributed by atoms with Crippen LogP contribution in [0.1, 0.15) is 24.8 Å². The normalized spacial score (nSPS) is 9.93. The van der Waals surface area contributed by atoms with Crippen LogP contribution in [0.2, 0.25) is 0 Å². The van der Waals surface area contributed by atoms with Gasteiger partial charge in [-0.3, -0.25) is 4.79 Å². The number of hydrogen-bond donors (Lipinski definition) is 1. The zero-order chi connectivity index (χ0) is 10.9. The first kappa shape index (κ1) is 12.2. The van der Waals surface area contributed by atoms with Crippen LogP contribution in [0.25, 0.3) is 0 Å². The zero-order valence-corrected chi connectivity index (χ0v) is 10.3. The van der Waals surface area contributed by atoms with Gasteiger partial charge in [0.2, 0.25) is 5.91 Å². The lowest BCUT2D eigenvalue weighted by Gasteiger charge is -2.04. The monoisotopic (exact) mass is 269 g/mol. The zero-order valence-electron chi connectivity index (χ0n) is 8.71. The molecule has 3 heteroatoms. The van der Waals surface area contributed by atoms with Crippen LogP contribution in [-0.4, -0.2) is 11.2 Å². The van der Waals surface area contributed by atoms with Crippen molar-refractivity contribution in [2.45, 2.75) is 25.8 Å². The standard InChI is InChI=1S/C12H16BrNO/c13-9-5-4-8-12(15)14-10-11-6-2-1-3-7-11/h1-3,6-7H,4-5,8-10H2,(H,14,15). The largest absolute Gasteiger partial charge is 0.352 e. The maximum atomic E-state index is 11.4. The first-order valence-corrected chi connectivity index (χ1v) is 6.31. The quantitative estimate of drug-likeness (QED) is 0.625. The van der Waals surface area contributed by atoms with Gasteiger partial charge >= 0.3 is 0 Å². The average Bonchev–Trinajstić information content (AvgIpc) is 2.28. The fraction of sp³-hybridized carbons (Fsp3) is 0.417. The van der Waals surface area contributed by atoms with E-state index in [1.165, 1.54) is 0 Å². The summed E-state index contributed by atoms with van der Waals surface area (Å²) in [6.07, 6.45) is 2.63. The third-order valence-corrected chi connectivity index (χ3v) is 2.68. The lowest BCUT2D eigenvalue weighted by atomic mass is 10.2. The smallest absolute Gasteiger partial charge is 0.220 e. The van der Waals surface area contributed by atoms with Gasteiger partial charge in [-0.15, -0.1) is 0 Å². The SMILES string of the molecule is O=C(CCCCBr)NCc1ccccc1. The Morgan fingerprint density at radius 1 is 1.20 bits per heavy atom. The van der Waals surface area contributed by atoms with Crippen LogP contribution in [0.3, 0.4) is 0 Å². The van der Waals surface area contributed by atoms with Gasteiger partial charge in [0.1, 0.15) is 0 Å². The molecule has 2 nitrogen and oxygen atoms in total. The number of carbonyl (C=O) groups excluding carboxylic acids is 1. The molecule has 1 N–H and O–H groups in total. The Balaban J connectivity index is 2.17. The fourth-order valence-electron chi connectivity index (χ4n) is 1.26. The number of carbonyl (C=O) groups is 1. The van der Waals surface area contributed by atoms with Crippen LogP contribution >= 0.6 is 15.9 Å². The lowest BCUT2D eigenvalue weighted by Crippen LogP contribution is -2.22. The molecule has 0 atom stereocenters. The molecule has 1 aromatic carbocycles. The second-order valence-electron chi connectivity index (χ2n) is 3.41. The van der Waals surface area contributed by atoms with Crippen molar-refractivity contribution < 1.29 is 4.79 Å². The van der Waals surface area contributed by atoms with Crippen molar-refractivity contribution in [1.82, 2.24) is 5.32 Å². The van der Waals surface area contributed by atoms with Gasteiger partial charge in [-0.1, -0.05) is 46.3 Å². The summed E-state index contributed by atoms with van der Waals surface area (Å²) in [6.45, 7) is 0.633. The average molecular weight is 270 g/mol. The molecular weight excluding hydrogens is 254 g/mol.